The third kappa shape index (κ3) is 8.38. The lowest BCUT2D eigenvalue weighted by Gasteiger charge is -2.06. The summed E-state index contributed by atoms with van der Waals surface area (Å²) in [5.74, 6) is -0.804. The maximum Gasteiger partial charge on any atom is 0.303 e. The van der Waals surface area contributed by atoms with Crippen molar-refractivity contribution in [3.63, 3.8) is 0 Å². The van der Waals surface area contributed by atoms with E-state index in [9.17, 15) is 13.2 Å². The van der Waals surface area contributed by atoms with Crippen LogP contribution >= 0.6 is 0 Å². The SMILES string of the molecule is CC(CCCCCCC(=O)O)S(=O)(=O)O. The van der Waals surface area contributed by atoms with E-state index in [1.54, 1.807) is 0 Å². The molecule has 0 saturated carbocycles. The Morgan fingerprint density at radius 2 is 1.73 bits per heavy atom. The summed E-state index contributed by atoms with van der Waals surface area (Å²) in [5, 5.41) is 7.63. The number of carboxylic acids is 1. The number of rotatable bonds is 8. The van der Waals surface area contributed by atoms with Crippen LogP contribution in [-0.4, -0.2) is 29.3 Å². The Bertz CT molecular complexity index is 283. The standard InChI is InChI=1S/C9H18O5S/c1-8(15(12,13)14)6-4-2-3-5-7-9(10)11/h8H,2-7H2,1H3,(H,10,11)(H,12,13,14). The maximum atomic E-state index is 10.6. The van der Waals surface area contributed by atoms with Gasteiger partial charge in [-0.2, -0.15) is 8.42 Å². The van der Waals surface area contributed by atoms with Gasteiger partial charge in [0.25, 0.3) is 10.1 Å². The summed E-state index contributed by atoms with van der Waals surface area (Å²) >= 11 is 0. The lowest BCUT2D eigenvalue weighted by Crippen LogP contribution is -2.16. The highest BCUT2D eigenvalue weighted by molar-refractivity contribution is 7.86. The third-order valence-corrected chi connectivity index (χ3v) is 3.51. The van der Waals surface area contributed by atoms with Gasteiger partial charge in [0, 0.05) is 6.42 Å². The van der Waals surface area contributed by atoms with Gasteiger partial charge in [-0.3, -0.25) is 9.35 Å². The van der Waals surface area contributed by atoms with Gasteiger partial charge < -0.3 is 5.11 Å². The highest BCUT2D eigenvalue weighted by atomic mass is 32.2. The van der Waals surface area contributed by atoms with Crippen molar-refractivity contribution >= 4 is 16.1 Å². The van der Waals surface area contributed by atoms with Crippen molar-refractivity contribution in [3.8, 4) is 0 Å². The summed E-state index contributed by atoms with van der Waals surface area (Å²) in [6.07, 6.45) is 3.48. The van der Waals surface area contributed by atoms with Crippen molar-refractivity contribution in [1.82, 2.24) is 0 Å². The van der Waals surface area contributed by atoms with Gasteiger partial charge in [0.05, 0.1) is 5.25 Å². The molecule has 2 N–H and O–H groups in total. The topological polar surface area (TPSA) is 91.7 Å². The fourth-order valence-corrected chi connectivity index (χ4v) is 1.68. The van der Waals surface area contributed by atoms with E-state index in [2.05, 4.69) is 0 Å². The Labute approximate surface area is 90.2 Å². The molecular formula is C9H18O5S. The fraction of sp³-hybridized carbons (Fsp3) is 0.889. The highest BCUT2D eigenvalue weighted by Gasteiger charge is 2.15. The zero-order chi connectivity index (χ0) is 11.9. The molecule has 5 nitrogen and oxygen atoms in total. The molecule has 0 aromatic heterocycles. The first-order valence-corrected chi connectivity index (χ1v) is 6.52. The molecule has 0 aliphatic carbocycles. The second-order valence-corrected chi connectivity index (χ2v) is 5.51. The molecule has 0 aliphatic heterocycles. The average Bonchev–Trinajstić information content (AvgIpc) is 2.08. The summed E-state index contributed by atoms with van der Waals surface area (Å²) in [5.41, 5.74) is 0. The van der Waals surface area contributed by atoms with E-state index in [1.807, 2.05) is 0 Å². The molecule has 0 heterocycles. The van der Waals surface area contributed by atoms with Gasteiger partial charge in [0.1, 0.15) is 0 Å². The second-order valence-electron chi connectivity index (χ2n) is 3.67. The molecule has 0 aromatic rings. The van der Waals surface area contributed by atoms with E-state index in [-0.39, 0.29) is 6.42 Å². The Morgan fingerprint density at radius 3 is 2.20 bits per heavy atom. The minimum atomic E-state index is -3.90. The van der Waals surface area contributed by atoms with Crippen molar-refractivity contribution in [2.75, 3.05) is 0 Å². The minimum absolute atomic E-state index is 0.161. The Balaban J connectivity index is 3.44. The zero-order valence-electron chi connectivity index (χ0n) is 8.85. The Hall–Kier alpha value is -0.620. The molecule has 0 spiro atoms. The summed E-state index contributed by atoms with van der Waals surface area (Å²) in [4.78, 5) is 10.2. The molecule has 6 heteroatoms. The van der Waals surface area contributed by atoms with Crippen molar-refractivity contribution in [1.29, 1.82) is 0 Å². The van der Waals surface area contributed by atoms with Gasteiger partial charge in [-0.05, 0) is 19.8 Å². The predicted octanol–water partition coefficient (Wildman–Crippen LogP) is 1.69. The monoisotopic (exact) mass is 238 g/mol. The van der Waals surface area contributed by atoms with Gasteiger partial charge in [-0.25, -0.2) is 0 Å². The normalized spacial score (nSPS) is 13.7. The van der Waals surface area contributed by atoms with E-state index in [1.165, 1.54) is 6.92 Å². The number of hydrogen-bond acceptors (Lipinski definition) is 3. The van der Waals surface area contributed by atoms with Gasteiger partial charge in [0.2, 0.25) is 0 Å². The molecule has 0 amide bonds. The van der Waals surface area contributed by atoms with Crippen LogP contribution in [0.15, 0.2) is 0 Å². The van der Waals surface area contributed by atoms with Crippen LogP contribution in [0.3, 0.4) is 0 Å². The number of hydrogen-bond donors (Lipinski definition) is 2. The largest absolute Gasteiger partial charge is 0.481 e. The molecule has 0 aliphatic rings. The summed E-state index contributed by atoms with van der Waals surface area (Å²) in [6, 6.07) is 0. The molecule has 0 radical (unpaired) electrons. The summed E-state index contributed by atoms with van der Waals surface area (Å²) < 4.78 is 29.9. The Morgan fingerprint density at radius 1 is 1.20 bits per heavy atom. The molecule has 15 heavy (non-hydrogen) atoms. The molecule has 0 saturated heterocycles. The average molecular weight is 238 g/mol. The molecule has 0 aromatic carbocycles. The van der Waals surface area contributed by atoms with Crippen LogP contribution in [0.25, 0.3) is 0 Å². The van der Waals surface area contributed by atoms with Crippen molar-refractivity contribution in [3.05, 3.63) is 0 Å². The maximum absolute atomic E-state index is 10.6. The van der Waals surface area contributed by atoms with Crippen LogP contribution in [-0.2, 0) is 14.9 Å². The Kier molecular flexibility index (Phi) is 6.51. The smallest absolute Gasteiger partial charge is 0.303 e. The quantitative estimate of drug-likeness (QED) is 0.496. The van der Waals surface area contributed by atoms with Crippen LogP contribution in [0.2, 0.25) is 0 Å². The van der Waals surface area contributed by atoms with E-state index < -0.39 is 21.3 Å². The van der Waals surface area contributed by atoms with Gasteiger partial charge in [0.15, 0.2) is 0 Å². The lowest BCUT2D eigenvalue weighted by molar-refractivity contribution is -0.137. The minimum Gasteiger partial charge on any atom is -0.481 e. The molecule has 0 bridgehead atoms. The summed E-state index contributed by atoms with van der Waals surface area (Å²) in [6.45, 7) is 1.46. The van der Waals surface area contributed by atoms with Crippen LogP contribution in [0.5, 0.6) is 0 Å². The van der Waals surface area contributed by atoms with Crippen LogP contribution < -0.4 is 0 Å². The number of carbonyl (C=O) groups is 1. The first kappa shape index (κ1) is 14.4. The van der Waals surface area contributed by atoms with E-state index >= 15 is 0 Å². The first-order chi connectivity index (χ1) is 6.84. The highest BCUT2D eigenvalue weighted by Crippen LogP contribution is 2.11. The molecule has 0 fully saturated rings. The molecule has 1 unspecified atom stereocenters. The van der Waals surface area contributed by atoms with Crippen molar-refractivity contribution < 1.29 is 22.9 Å². The van der Waals surface area contributed by atoms with Gasteiger partial charge in [-0.1, -0.05) is 19.3 Å². The van der Waals surface area contributed by atoms with Gasteiger partial charge >= 0.3 is 5.97 Å². The van der Waals surface area contributed by atoms with Crippen molar-refractivity contribution in [2.45, 2.75) is 50.7 Å². The van der Waals surface area contributed by atoms with Crippen molar-refractivity contribution in [2.24, 2.45) is 0 Å². The zero-order valence-corrected chi connectivity index (χ0v) is 9.66. The lowest BCUT2D eigenvalue weighted by atomic mass is 10.1. The van der Waals surface area contributed by atoms with Gasteiger partial charge in [-0.15, -0.1) is 0 Å². The second kappa shape index (κ2) is 6.79. The predicted molar refractivity (Wildman–Crippen MR) is 56.3 cm³/mol. The molecule has 1 atom stereocenters. The van der Waals surface area contributed by atoms with E-state index in [0.717, 1.165) is 12.8 Å². The van der Waals surface area contributed by atoms with E-state index in [4.69, 9.17) is 9.66 Å². The molecule has 90 valence electrons. The van der Waals surface area contributed by atoms with E-state index in [0.29, 0.717) is 19.3 Å². The first-order valence-electron chi connectivity index (χ1n) is 5.02. The number of carboxylic acid groups (broad SMARTS) is 1. The number of unbranched alkanes of at least 4 members (excludes halogenated alkanes) is 3. The van der Waals surface area contributed by atoms with Crippen LogP contribution in [0.1, 0.15) is 45.4 Å². The third-order valence-electron chi connectivity index (χ3n) is 2.26. The molecule has 0 rings (SSSR count). The number of aliphatic carboxylic acids is 1. The molecular weight excluding hydrogens is 220 g/mol. The fourth-order valence-electron chi connectivity index (χ4n) is 1.21. The van der Waals surface area contributed by atoms with Crippen LogP contribution in [0.4, 0.5) is 0 Å². The van der Waals surface area contributed by atoms with Crippen LogP contribution in [0, 0.1) is 0 Å². The summed E-state index contributed by atoms with van der Waals surface area (Å²) in [7, 11) is -3.90.